The fourth-order valence-electron chi connectivity index (χ4n) is 2.01. The number of halogens is 1. The summed E-state index contributed by atoms with van der Waals surface area (Å²) in [5.74, 6) is -0.457. The lowest BCUT2D eigenvalue weighted by Crippen LogP contribution is -2.51. The van der Waals surface area contributed by atoms with Gasteiger partial charge in [0.2, 0.25) is 5.91 Å². The normalized spacial score (nSPS) is 12.1. The van der Waals surface area contributed by atoms with Crippen LogP contribution in [0.2, 0.25) is 5.02 Å². The third-order valence-electron chi connectivity index (χ3n) is 3.41. The summed E-state index contributed by atoms with van der Waals surface area (Å²) >= 11 is 6.03. The molecule has 2 amide bonds. The van der Waals surface area contributed by atoms with Crippen molar-refractivity contribution >= 4 is 23.4 Å². The highest BCUT2D eigenvalue weighted by atomic mass is 35.5. The lowest BCUT2D eigenvalue weighted by molar-refractivity contribution is -0.132. The molecule has 1 atom stereocenters. The SMILES string of the molecule is CNCCN(C)C(=O)C(NC(=O)c1ccccc1Cl)C(C)C. The Labute approximate surface area is 137 Å². The highest BCUT2D eigenvalue weighted by molar-refractivity contribution is 6.33. The average Bonchev–Trinajstić information content (AvgIpc) is 2.49. The highest BCUT2D eigenvalue weighted by Crippen LogP contribution is 2.16. The summed E-state index contributed by atoms with van der Waals surface area (Å²) in [5, 5.41) is 6.17. The van der Waals surface area contributed by atoms with Crippen LogP contribution in [0.3, 0.4) is 0 Å². The van der Waals surface area contributed by atoms with E-state index in [-0.39, 0.29) is 17.7 Å². The lowest BCUT2D eigenvalue weighted by Gasteiger charge is -2.27. The molecule has 6 heteroatoms. The van der Waals surface area contributed by atoms with Crippen molar-refractivity contribution in [2.45, 2.75) is 19.9 Å². The number of hydrogen-bond acceptors (Lipinski definition) is 3. The number of carbonyl (C=O) groups excluding carboxylic acids is 2. The summed E-state index contributed by atoms with van der Waals surface area (Å²) in [4.78, 5) is 26.5. The average molecular weight is 326 g/mol. The molecule has 2 N–H and O–H groups in total. The summed E-state index contributed by atoms with van der Waals surface area (Å²) in [6.07, 6.45) is 0. The molecule has 0 fully saturated rings. The number of nitrogens with zero attached hydrogens (tertiary/aromatic N) is 1. The Morgan fingerprint density at radius 3 is 2.45 bits per heavy atom. The van der Waals surface area contributed by atoms with Crippen LogP contribution >= 0.6 is 11.6 Å². The standard InChI is InChI=1S/C16H24ClN3O2/c1-11(2)14(16(22)20(4)10-9-18-3)19-15(21)12-7-5-6-8-13(12)17/h5-8,11,14,18H,9-10H2,1-4H3,(H,19,21). The van der Waals surface area contributed by atoms with Crippen molar-refractivity contribution in [2.24, 2.45) is 5.92 Å². The van der Waals surface area contributed by atoms with E-state index in [1.54, 1.807) is 36.2 Å². The van der Waals surface area contributed by atoms with Crippen LogP contribution in [0.5, 0.6) is 0 Å². The van der Waals surface area contributed by atoms with Crippen LogP contribution in [0.25, 0.3) is 0 Å². The van der Waals surface area contributed by atoms with E-state index in [4.69, 9.17) is 11.6 Å². The zero-order valence-corrected chi connectivity index (χ0v) is 14.3. The van der Waals surface area contributed by atoms with Gasteiger partial charge in [-0.15, -0.1) is 0 Å². The third kappa shape index (κ3) is 5.00. The molecular formula is C16H24ClN3O2. The number of rotatable bonds is 7. The zero-order chi connectivity index (χ0) is 16.7. The molecule has 0 saturated carbocycles. The van der Waals surface area contributed by atoms with Crippen LogP contribution < -0.4 is 10.6 Å². The predicted molar refractivity (Wildman–Crippen MR) is 89.1 cm³/mol. The van der Waals surface area contributed by atoms with E-state index in [9.17, 15) is 9.59 Å². The molecule has 0 aliphatic rings. The van der Waals surface area contributed by atoms with Gasteiger partial charge in [-0.2, -0.15) is 0 Å². The van der Waals surface area contributed by atoms with Crippen molar-refractivity contribution < 1.29 is 9.59 Å². The molecule has 0 aliphatic heterocycles. The van der Waals surface area contributed by atoms with Gasteiger partial charge in [0.15, 0.2) is 0 Å². The van der Waals surface area contributed by atoms with E-state index in [2.05, 4.69) is 10.6 Å². The highest BCUT2D eigenvalue weighted by Gasteiger charge is 2.27. The monoisotopic (exact) mass is 325 g/mol. The van der Waals surface area contributed by atoms with E-state index in [0.29, 0.717) is 23.7 Å². The minimum atomic E-state index is -0.578. The molecule has 1 unspecified atom stereocenters. The second-order valence-corrected chi connectivity index (χ2v) is 5.95. The van der Waals surface area contributed by atoms with Gasteiger partial charge in [0, 0.05) is 20.1 Å². The molecule has 1 aromatic carbocycles. The maximum Gasteiger partial charge on any atom is 0.253 e. The Balaban J connectivity index is 2.82. The van der Waals surface area contributed by atoms with E-state index >= 15 is 0 Å². The largest absolute Gasteiger partial charge is 0.343 e. The molecule has 1 rings (SSSR count). The van der Waals surface area contributed by atoms with Crippen LogP contribution in [-0.2, 0) is 4.79 Å². The quantitative estimate of drug-likeness (QED) is 0.803. The van der Waals surface area contributed by atoms with E-state index < -0.39 is 6.04 Å². The molecule has 1 aromatic rings. The zero-order valence-electron chi connectivity index (χ0n) is 13.5. The van der Waals surface area contributed by atoms with E-state index in [1.807, 2.05) is 20.9 Å². The molecule has 0 heterocycles. The third-order valence-corrected chi connectivity index (χ3v) is 3.74. The number of likely N-dealkylation sites (N-methyl/N-ethyl adjacent to an activating group) is 2. The molecule has 0 saturated heterocycles. The van der Waals surface area contributed by atoms with Gasteiger partial charge in [0.25, 0.3) is 5.91 Å². The van der Waals surface area contributed by atoms with Crippen molar-refractivity contribution in [3.05, 3.63) is 34.9 Å². The Morgan fingerprint density at radius 1 is 1.27 bits per heavy atom. The van der Waals surface area contributed by atoms with Gasteiger partial charge in [-0.25, -0.2) is 0 Å². The summed E-state index contributed by atoms with van der Waals surface area (Å²) < 4.78 is 0. The minimum absolute atomic E-state index is 0.0176. The predicted octanol–water partition coefficient (Wildman–Crippen LogP) is 1.77. The smallest absolute Gasteiger partial charge is 0.253 e. The second kappa shape index (κ2) is 8.76. The first-order valence-electron chi connectivity index (χ1n) is 7.33. The summed E-state index contributed by atoms with van der Waals surface area (Å²) in [7, 11) is 3.56. The molecule has 0 radical (unpaired) electrons. The summed E-state index contributed by atoms with van der Waals surface area (Å²) in [6, 6.07) is 6.22. The van der Waals surface area contributed by atoms with Gasteiger partial charge in [0.05, 0.1) is 10.6 Å². The van der Waals surface area contributed by atoms with Crippen molar-refractivity contribution in [3.8, 4) is 0 Å². The Morgan fingerprint density at radius 2 is 1.91 bits per heavy atom. The van der Waals surface area contributed by atoms with Gasteiger partial charge in [-0.3, -0.25) is 9.59 Å². The summed E-state index contributed by atoms with van der Waals surface area (Å²) in [5.41, 5.74) is 0.375. The molecule has 122 valence electrons. The van der Waals surface area contributed by atoms with E-state index in [1.165, 1.54) is 0 Å². The number of benzene rings is 1. The molecule has 22 heavy (non-hydrogen) atoms. The molecule has 0 aliphatic carbocycles. The topological polar surface area (TPSA) is 61.4 Å². The number of carbonyl (C=O) groups is 2. The Hall–Kier alpha value is -1.59. The van der Waals surface area contributed by atoms with Crippen molar-refractivity contribution in [3.63, 3.8) is 0 Å². The van der Waals surface area contributed by atoms with Crippen molar-refractivity contribution in [1.29, 1.82) is 0 Å². The number of nitrogens with one attached hydrogen (secondary N) is 2. The first-order valence-corrected chi connectivity index (χ1v) is 7.71. The second-order valence-electron chi connectivity index (χ2n) is 5.54. The molecule has 0 aromatic heterocycles. The van der Waals surface area contributed by atoms with Gasteiger partial charge >= 0.3 is 0 Å². The molecular weight excluding hydrogens is 302 g/mol. The minimum Gasteiger partial charge on any atom is -0.343 e. The fourth-order valence-corrected chi connectivity index (χ4v) is 2.23. The first-order chi connectivity index (χ1) is 10.4. The number of hydrogen-bond donors (Lipinski definition) is 2. The van der Waals surface area contributed by atoms with Gasteiger partial charge < -0.3 is 15.5 Å². The lowest BCUT2D eigenvalue weighted by atomic mass is 10.0. The van der Waals surface area contributed by atoms with Gasteiger partial charge in [-0.1, -0.05) is 37.6 Å². The maximum atomic E-state index is 12.5. The Bertz CT molecular complexity index is 520. The van der Waals surface area contributed by atoms with Crippen LogP contribution in [0.4, 0.5) is 0 Å². The van der Waals surface area contributed by atoms with Gasteiger partial charge in [-0.05, 0) is 25.1 Å². The Kier molecular flexibility index (Phi) is 7.35. The molecule has 0 bridgehead atoms. The van der Waals surface area contributed by atoms with Gasteiger partial charge in [0.1, 0.15) is 6.04 Å². The van der Waals surface area contributed by atoms with Crippen LogP contribution in [0.1, 0.15) is 24.2 Å². The van der Waals surface area contributed by atoms with Crippen LogP contribution in [0.15, 0.2) is 24.3 Å². The maximum absolute atomic E-state index is 12.5. The fraction of sp³-hybridized carbons (Fsp3) is 0.500. The molecule has 5 nitrogen and oxygen atoms in total. The van der Waals surface area contributed by atoms with Crippen LogP contribution in [0, 0.1) is 5.92 Å². The van der Waals surface area contributed by atoms with Crippen LogP contribution in [-0.4, -0.2) is 49.9 Å². The van der Waals surface area contributed by atoms with E-state index in [0.717, 1.165) is 0 Å². The molecule has 0 spiro atoms. The first kappa shape index (κ1) is 18.5. The summed E-state index contributed by atoms with van der Waals surface area (Å²) in [6.45, 7) is 5.09. The van der Waals surface area contributed by atoms with Crippen molar-refractivity contribution in [2.75, 3.05) is 27.2 Å². The van der Waals surface area contributed by atoms with Crippen molar-refractivity contribution in [1.82, 2.24) is 15.5 Å². The number of amides is 2.